The largest absolute Gasteiger partial charge is 0.244 e. The van der Waals surface area contributed by atoms with E-state index in [1.165, 1.54) is 6.20 Å². The molecule has 0 aliphatic heterocycles. The van der Waals surface area contributed by atoms with Crippen molar-refractivity contribution in [2.24, 2.45) is 5.14 Å². The number of hydrogen-bond donors (Lipinski definition) is 1. The molecule has 0 aromatic carbocycles. The maximum absolute atomic E-state index is 11.7. The summed E-state index contributed by atoms with van der Waals surface area (Å²) in [5.41, 5.74) is 0. The van der Waals surface area contributed by atoms with Gasteiger partial charge in [-0.05, 0) is 15.9 Å². The average molecular weight is 330 g/mol. The Balaban J connectivity index is 3.01. The van der Waals surface area contributed by atoms with Crippen molar-refractivity contribution in [1.29, 1.82) is 0 Å². The molecule has 0 spiro atoms. The van der Waals surface area contributed by atoms with Gasteiger partial charge in [-0.1, -0.05) is 0 Å². The van der Waals surface area contributed by atoms with E-state index in [9.17, 15) is 16.8 Å². The van der Waals surface area contributed by atoms with Gasteiger partial charge in [0.1, 0.15) is 6.33 Å². The first-order valence-corrected chi connectivity index (χ1v) is 8.07. The van der Waals surface area contributed by atoms with Crippen LogP contribution in [0.15, 0.2) is 22.0 Å². The van der Waals surface area contributed by atoms with Crippen LogP contribution >= 0.6 is 15.9 Å². The second-order valence-corrected chi connectivity index (χ2v) is 7.47. The minimum Gasteiger partial charge on any atom is -0.244 e. The molecule has 0 radical (unpaired) electrons. The fourth-order valence-corrected chi connectivity index (χ4v) is 4.37. The van der Waals surface area contributed by atoms with E-state index in [0.717, 1.165) is 6.33 Å². The van der Waals surface area contributed by atoms with Crippen molar-refractivity contribution < 1.29 is 16.8 Å². The Morgan fingerprint density at radius 3 is 2.38 bits per heavy atom. The van der Waals surface area contributed by atoms with Gasteiger partial charge in [0.2, 0.25) is 10.0 Å². The van der Waals surface area contributed by atoms with Gasteiger partial charge in [0.15, 0.2) is 14.9 Å². The Kier molecular flexibility index (Phi) is 3.99. The van der Waals surface area contributed by atoms with Crippen LogP contribution in [0.4, 0.5) is 0 Å². The fraction of sp³-hybridized carbons (Fsp3) is 0.333. The predicted octanol–water partition coefficient (Wildman–Crippen LogP) is -0.699. The lowest BCUT2D eigenvalue weighted by molar-refractivity contribution is 0.585. The van der Waals surface area contributed by atoms with Crippen molar-refractivity contribution >= 4 is 35.8 Å². The van der Waals surface area contributed by atoms with E-state index in [2.05, 4.69) is 25.9 Å². The maximum Gasteiger partial charge on any atom is 0.210 e. The van der Waals surface area contributed by atoms with E-state index in [-0.39, 0.29) is 9.50 Å². The SMILES string of the molecule is NS(=O)(=O)CCS(=O)(=O)c1ncncc1Br. The lowest BCUT2D eigenvalue weighted by Gasteiger charge is -2.03. The number of nitrogens with two attached hydrogens (primary N) is 1. The number of sulfone groups is 1. The molecule has 0 fully saturated rings. The summed E-state index contributed by atoms with van der Waals surface area (Å²) < 4.78 is 44.8. The quantitative estimate of drug-likeness (QED) is 0.729. The molecule has 1 rings (SSSR count). The molecule has 7 nitrogen and oxygen atoms in total. The fourth-order valence-electron chi connectivity index (χ4n) is 0.853. The molecule has 1 heterocycles. The number of hydrogen-bond acceptors (Lipinski definition) is 6. The van der Waals surface area contributed by atoms with Gasteiger partial charge in [0.05, 0.1) is 16.0 Å². The molecule has 16 heavy (non-hydrogen) atoms. The number of aromatic nitrogens is 2. The van der Waals surface area contributed by atoms with Crippen molar-refractivity contribution in [1.82, 2.24) is 9.97 Å². The van der Waals surface area contributed by atoms with Gasteiger partial charge < -0.3 is 0 Å². The van der Waals surface area contributed by atoms with Crippen LogP contribution in [0.5, 0.6) is 0 Å². The highest BCUT2D eigenvalue weighted by atomic mass is 79.9. The van der Waals surface area contributed by atoms with E-state index >= 15 is 0 Å². The van der Waals surface area contributed by atoms with Crippen LogP contribution in [-0.2, 0) is 19.9 Å². The van der Waals surface area contributed by atoms with Crippen LogP contribution in [0, 0.1) is 0 Å². The molecule has 0 unspecified atom stereocenters. The maximum atomic E-state index is 11.7. The molecule has 2 N–H and O–H groups in total. The van der Waals surface area contributed by atoms with Gasteiger partial charge in [0.25, 0.3) is 0 Å². The molecular weight excluding hydrogens is 322 g/mol. The third kappa shape index (κ3) is 3.77. The molecule has 0 aliphatic rings. The van der Waals surface area contributed by atoms with Gasteiger partial charge in [-0.2, -0.15) is 0 Å². The summed E-state index contributed by atoms with van der Waals surface area (Å²) in [4.78, 5) is 7.17. The average Bonchev–Trinajstić information content (AvgIpc) is 2.14. The van der Waals surface area contributed by atoms with Gasteiger partial charge in [-0.25, -0.2) is 31.9 Å². The first kappa shape index (κ1) is 13.5. The van der Waals surface area contributed by atoms with Crippen LogP contribution < -0.4 is 5.14 Å². The second-order valence-electron chi connectivity index (χ2n) is 2.86. The molecule has 1 aromatic rings. The van der Waals surface area contributed by atoms with Crippen LogP contribution in [0.25, 0.3) is 0 Å². The van der Waals surface area contributed by atoms with Crippen molar-refractivity contribution in [3.63, 3.8) is 0 Å². The summed E-state index contributed by atoms with van der Waals surface area (Å²) in [6.07, 6.45) is 2.32. The molecule has 0 atom stereocenters. The molecule has 1 aromatic heterocycles. The third-order valence-electron chi connectivity index (χ3n) is 1.57. The van der Waals surface area contributed by atoms with Crippen LogP contribution in [-0.4, -0.2) is 38.3 Å². The summed E-state index contributed by atoms with van der Waals surface area (Å²) >= 11 is 2.97. The minimum atomic E-state index is -3.82. The zero-order valence-corrected chi connectivity index (χ0v) is 11.1. The van der Waals surface area contributed by atoms with Gasteiger partial charge >= 0.3 is 0 Å². The highest BCUT2D eigenvalue weighted by molar-refractivity contribution is 9.10. The third-order valence-corrected chi connectivity index (χ3v) is 5.10. The zero-order valence-electron chi connectivity index (χ0n) is 7.87. The van der Waals surface area contributed by atoms with Crippen LogP contribution in [0.1, 0.15) is 0 Å². The normalized spacial score (nSPS) is 12.6. The summed E-state index contributed by atoms with van der Waals surface area (Å²) in [7, 11) is -7.60. The van der Waals surface area contributed by atoms with E-state index in [4.69, 9.17) is 5.14 Å². The first-order valence-electron chi connectivity index (χ1n) is 3.91. The smallest absolute Gasteiger partial charge is 0.210 e. The summed E-state index contributed by atoms with van der Waals surface area (Å²) in [6, 6.07) is 0. The molecular formula is C6H8BrN3O4S2. The molecule has 0 saturated heterocycles. The Morgan fingerprint density at radius 1 is 1.25 bits per heavy atom. The van der Waals surface area contributed by atoms with Crippen LogP contribution in [0.2, 0.25) is 0 Å². The van der Waals surface area contributed by atoms with Crippen molar-refractivity contribution in [3.8, 4) is 0 Å². The number of sulfonamides is 1. The van der Waals surface area contributed by atoms with E-state index in [0.29, 0.717) is 0 Å². The van der Waals surface area contributed by atoms with E-state index in [1.807, 2.05) is 0 Å². The summed E-state index contributed by atoms with van der Waals surface area (Å²) in [5.74, 6) is -1.26. The molecule has 0 bridgehead atoms. The summed E-state index contributed by atoms with van der Waals surface area (Å²) in [6.45, 7) is 0. The number of nitrogens with zero attached hydrogens (tertiary/aromatic N) is 2. The van der Waals surface area contributed by atoms with Gasteiger partial charge in [-0.15, -0.1) is 0 Å². The Bertz CT molecular complexity index is 584. The van der Waals surface area contributed by atoms with Crippen LogP contribution in [0.3, 0.4) is 0 Å². The number of primary sulfonamides is 1. The van der Waals surface area contributed by atoms with Crippen molar-refractivity contribution in [3.05, 3.63) is 17.0 Å². The Morgan fingerprint density at radius 2 is 1.88 bits per heavy atom. The van der Waals surface area contributed by atoms with Crippen molar-refractivity contribution in [2.75, 3.05) is 11.5 Å². The lowest BCUT2D eigenvalue weighted by Crippen LogP contribution is -2.23. The molecule has 0 saturated carbocycles. The predicted molar refractivity (Wildman–Crippen MR) is 59.8 cm³/mol. The molecule has 0 amide bonds. The Hall–Kier alpha value is -0.580. The van der Waals surface area contributed by atoms with Crippen molar-refractivity contribution in [2.45, 2.75) is 5.03 Å². The molecule has 90 valence electrons. The van der Waals surface area contributed by atoms with Gasteiger partial charge in [-0.3, -0.25) is 0 Å². The zero-order chi connectivity index (χ0) is 12.4. The standard InChI is InChI=1S/C6H8BrN3O4S2/c7-5-3-9-4-10-6(5)15(11,12)1-2-16(8,13)14/h3-4H,1-2H2,(H2,8,13,14). The molecule has 0 aliphatic carbocycles. The lowest BCUT2D eigenvalue weighted by atomic mass is 10.7. The number of halogens is 1. The first-order chi connectivity index (χ1) is 7.22. The summed E-state index contributed by atoms with van der Waals surface area (Å²) in [5, 5.41) is 4.48. The highest BCUT2D eigenvalue weighted by Crippen LogP contribution is 2.18. The van der Waals surface area contributed by atoms with Gasteiger partial charge in [0, 0.05) is 6.20 Å². The van der Waals surface area contributed by atoms with E-state index < -0.39 is 31.4 Å². The highest BCUT2D eigenvalue weighted by Gasteiger charge is 2.21. The Labute approximate surface area is 101 Å². The minimum absolute atomic E-state index is 0.185. The second kappa shape index (κ2) is 4.73. The molecule has 10 heteroatoms. The topological polar surface area (TPSA) is 120 Å². The number of rotatable bonds is 4. The monoisotopic (exact) mass is 329 g/mol. The van der Waals surface area contributed by atoms with E-state index in [1.54, 1.807) is 0 Å².